The van der Waals surface area contributed by atoms with Crippen molar-refractivity contribution >= 4 is 28.9 Å². The summed E-state index contributed by atoms with van der Waals surface area (Å²) in [5.41, 5.74) is 6.09. The van der Waals surface area contributed by atoms with Gasteiger partial charge in [0, 0.05) is 31.4 Å². The molecule has 0 aromatic heterocycles. The van der Waals surface area contributed by atoms with Gasteiger partial charge in [0.05, 0.1) is 4.99 Å². The fraction of sp³-hybridized carbons (Fsp3) is 0.429. The zero-order valence-electron chi connectivity index (χ0n) is 11.6. The van der Waals surface area contributed by atoms with Crippen LogP contribution in [0.4, 0.5) is 14.9 Å². The minimum Gasteiger partial charge on any atom is -0.392 e. The summed E-state index contributed by atoms with van der Waals surface area (Å²) in [6.45, 7) is 2.35. The van der Waals surface area contributed by atoms with Crippen LogP contribution in [0.25, 0.3) is 0 Å². The SMILES string of the molecule is NC(=S)CN1CCC(NC(=O)Nc2ccc(F)cc2)CC1. The van der Waals surface area contributed by atoms with E-state index in [9.17, 15) is 9.18 Å². The summed E-state index contributed by atoms with van der Waals surface area (Å²) < 4.78 is 12.8. The first-order valence-electron chi connectivity index (χ1n) is 6.86. The minimum atomic E-state index is -0.328. The maximum absolute atomic E-state index is 12.8. The van der Waals surface area contributed by atoms with E-state index in [1.807, 2.05) is 0 Å². The van der Waals surface area contributed by atoms with Gasteiger partial charge in [-0.3, -0.25) is 4.90 Å². The van der Waals surface area contributed by atoms with Crippen molar-refractivity contribution in [2.45, 2.75) is 18.9 Å². The number of anilines is 1. The van der Waals surface area contributed by atoms with Gasteiger partial charge in [0.1, 0.15) is 5.82 Å². The molecule has 0 radical (unpaired) electrons. The van der Waals surface area contributed by atoms with Crippen LogP contribution in [0.3, 0.4) is 0 Å². The highest BCUT2D eigenvalue weighted by molar-refractivity contribution is 7.80. The number of rotatable bonds is 4. The number of nitrogens with one attached hydrogen (secondary N) is 2. The Bertz CT molecular complexity index is 500. The van der Waals surface area contributed by atoms with Gasteiger partial charge in [-0.2, -0.15) is 0 Å². The standard InChI is InChI=1S/C14H19FN4OS/c15-10-1-3-11(4-2-10)17-14(20)18-12-5-7-19(8-6-12)9-13(16)21/h1-4,12H,5-9H2,(H2,16,21)(H2,17,18,20). The maximum atomic E-state index is 12.8. The lowest BCUT2D eigenvalue weighted by molar-refractivity contribution is 0.213. The highest BCUT2D eigenvalue weighted by atomic mass is 32.1. The summed E-state index contributed by atoms with van der Waals surface area (Å²) in [6, 6.07) is 5.54. The molecule has 1 aliphatic rings. The van der Waals surface area contributed by atoms with E-state index >= 15 is 0 Å². The Morgan fingerprint density at radius 3 is 2.52 bits per heavy atom. The van der Waals surface area contributed by atoms with Gasteiger partial charge in [-0.15, -0.1) is 0 Å². The van der Waals surface area contributed by atoms with Gasteiger partial charge >= 0.3 is 6.03 Å². The van der Waals surface area contributed by atoms with E-state index in [2.05, 4.69) is 15.5 Å². The van der Waals surface area contributed by atoms with Crippen LogP contribution in [0.5, 0.6) is 0 Å². The Hall–Kier alpha value is -1.73. The number of urea groups is 1. The number of nitrogens with zero attached hydrogens (tertiary/aromatic N) is 1. The summed E-state index contributed by atoms with van der Waals surface area (Å²) in [5, 5.41) is 5.61. The molecule has 0 spiro atoms. The molecule has 1 aliphatic heterocycles. The summed E-state index contributed by atoms with van der Waals surface area (Å²) in [7, 11) is 0. The Morgan fingerprint density at radius 2 is 1.95 bits per heavy atom. The highest BCUT2D eigenvalue weighted by Crippen LogP contribution is 2.11. The zero-order chi connectivity index (χ0) is 15.2. The average molecular weight is 310 g/mol. The van der Waals surface area contributed by atoms with Gasteiger partial charge in [-0.05, 0) is 37.1 Å². The number of benzene rings is 1. The third kappa shape index (κ3) is 5.28. The molecule has 0 unspecified atom stereocenters. The summed E-state index contributed by atoms with van der Waals surface area (Å²) in [4.78, 5) is 14.5. The fourth-order valence-electron chi connectivity index (χ4n) is 2.34. The second-order valence-corrected chi connectivity index (χ2v) is 5.65. The lowest BCUT2D eigenvalue weighted by Gasteiger charge is -2.31. The number of likely N-dealkylation sites (tertiary alicyclic amines) is 1. The fourth-order valence-corrected chi connectivity index (χ4v) is 2.52. The van der Waals surface area contributed by atoms with Gasteiger partial charge in [0.15, 0.2) is 0 Å². The predicted molar refractivity (Wildman–Crippen MR) is 84.8 cm³/mol. The molecule has 1 fully saturated rings. The van der Waals surface area contributed by atoms with E-state index in [-0.39, 0.29) is 17.9 Å². The smallest absolute Gasteiger partial charge is 0.319 e. The molecule has 1 aromatic rings. The molecule has 0 atom stereocenters. The van der Waals surface area contributed by atoms with E-state index in [1.165, 1.54) is 24.3 Å². The number of hydrogen-bond donors (Lipinski definition) is 3. The number of piperidine rings is 1. The lowest BCUT2D eigenvalue weighted by Crippen LogP contribution is -2.47. The Labute approximate surface area is 128 Å². The van der Waals surface area contributed by atoms with Crippen LogP contribution < -0.4 is 16.4 Å². The van der Waals surface area contributed by atoms with E-state index < -0.39 is 0 Å². The topological polar surface area (TPSA) is 70.4 Å². The van der Waals surface area contributed by atoms with E-state index in [4.69, 9.17) is 18.0 Å². The second-order valence-electron chi connectivity index (χ2n) is 5.12. The van der Waals surface area contributed by atoms with Gasteiger partial charge in [0.25, 0.3) is 0 Å². The zero-order valence-corrected chi connectivity index (χ0v) is 12.5. The van der Waals surface area contributed by atoms with Crippen molar-refractivity contribution in [3.63, 3.8) is 0 Å². The van der Waals surface area contributed by atoms with Crippen LogP contribution in [0.15, 0.2) is 24.3 Å². The molecule has 4 N–H and O–H groups in total. The molecule has 1 heterocycles. The van der Waals surface area contributed by atoms with Gasteiger partial charge in [-0.25, -0.2) is 9.18 Å². The number of halogens is 1. The first kappa shape index (κ1) is 15.7. The summed E-state index contributed by atoms with van der Waals surface area (Å²) in [6.07, 6.45) is 1.72. The number of nitrogens with two attached hydrogens (primary N) is 1. The average Bonchev–Trinajstić information content (AvgIpc) is 2.43. The van der Waals surface area contributed by atoms with Crippen molar-refractivity contribution in [2.75, 3.05) is 25.0 Å². The van der Waals surface area contributed by atoms with Crippen LogP contribution in [-0.2, 0) is 0 Å². The molecule has 114 valence electrons. The minimum absolute atomic E-state index is 0.132. The molecule has 0 bridgehead atoms. The molecule has 2 amide bonds. The number of thiocarbonyl (C=S) groups is 1. The monoisotopic (exact) mass is 310 g/mol. The van der Waals surface area contributed by atoms with Crippen molar-refractivity contribution in [3.8, 4) is 0 Å². The third-order valence-electron chi connectivity index (χ3n) is 3.40. The molecule has 1 aromatic carbocycles. The predicted octanol–water partition coefficient (Wildman–Crippen LogP) is 1.70. The van der Waals surface area contributed by atoms with Crippen LogP contribution in [0.1, 0.15) is 12.8 Å². The van der Waals surface area contributed by atoms with Gasteiger partial charge in [-0.1, -0.05) is 12.2 Å². The molecule has 1 saturated heterocycles. The number of hydrogen-bond acceptors (Lipinski definition) is 3. The van der Waals surface area contributed by atoms with Crippen molar-refractivity contribution in [2.24, 2.45) is 5.73 Å². The molecule has 21 heavy (non-hydrogen) atoms. The lowest BCUT2D eigenvalue weighted by atomic mass is 10.1. The quantitative estimate of drug-likeness (QED) is 0.740. The summed E-state index contributed by atoms with van der Waals surface area (Å²) in [5.74, 6) is -0.328. The number of carbonyl (C=O) groups excluding carboxylic acids is 1. The van der Waals surface area contributed by atoms with E-state index in [1.54, 1.807) is 0 Å². The number of amides is 2. The van der Waals surface area contributed by atoms with Crippen LogP contribution in [0.2, 0.25) is 0 Å². The third-order valence-corrected chi connectivity index (χ3v) is 3.53. The van der Waals surface area contributed by atoms with Crippen LogP contribution in [-0.4, -0.2) is 41.6 Å². The largest absolute Gasteiger partial charge is 0.392 e. The van der Waals surface area contributed by atoms with Crippen molar-refractivity contribution in [3.05, 3.63) is 30.1 Å². The van der Waals surface area contributed by atoms with Crippen molar-refractivity contribution in [1.82, 2.24) is 10.2 Å². The normalized spacial score (nSPS) is 16.4. The first-order valence-corrected chi connectivity index (χ1v) is 7.27. The van der Waals surface area contributed by atoms with Gasteiger partial charge in [0.2, 0.25) is 0 Å². The molecule has 0 saturated carbocycles. The van der Waals surface area contributed by atoms with Crippen molar-refractivity contribution in [1.29, 1.82) is 0 Å². The van der Waals surface area contributed by atoms with E-state index in [0.29, 0.717) is 17.2 Å². The number of carbonyl (C=O) groups is 1. The second kappa shape index (κ2) is 7.33. The molecule has 2 rings (SSSR count). The highest BCUT2D eigenvalue weighted by Gasteiger charge is 2.20. The summed E-state index contributed by atoms with van der Waals surface area (Å²) >= 11 is 4.89. The molecule has 7 heteroatoms. The maximum Gasteiger partial charge on any atom is 0.319 e. The van der Waals surface area contributed by atoms with Crippen LogP contribution >= 0.6 is 12.2 Å². The Morgan fingerprint density at radius 1 is 1.33 bits per heavy atom. The molecule has 0 aliphatic carbocycles. The van der Waals surface area contributed by atoms with Gasteiger partial charge < -0.3 is 16.4 Å². The molecular formula is C14H19FN4OS. The molecule has 5 nitrogen and oxygen atoms in total. The Kier molecular flexibility index (Phi) is 5.46. The van der Waals surface area contributed by atoms with Crippen LogP contribution in [0, 0.1) is 5.82 Å². The Balaban J connectivity index is 1.74. The van der Waals surface area contributed by atoms with E-state index in [0.717, 1.165) is 25.9 Å². The molecular weight excluding hydrogens is 291 g/mol. The first-order chi connectivity index (χ1) is 10.0. The van der Waals surface area contributed by atoms with Crippen molar-refractivity contribution < 1.29 is 9.18 Å².